The highest BCUT2D eigenvalue weighted by Crippen LogP contribution is 2.28. The number of aromatic nitrogens is 1. The summed E-state index contributed by atoms with van der Waals surface area (Å²) in [7, 11) is 0. The number of rotatable bonds is 1. The van der Waals surface area contributed by atoms with Gasteiger partial charge in [-0.2, -0.15) is 0 Å². The molecule has 1 aliphatic rings. The first-order chi connectivity index (χ1) is 7.50. The fourth-order valence-electron chi connectivity index (χ4n) is 2.12. The average molecular weight is 221 g/mol. The van der Waals surface area contributed by atoms with E-state index in [9.17, 15) is 0 Å². The number of hydrogen-bond donors (Lipinski definition) is 1. The molecule has 0 spiro atoms. The lowest BCUT2D eigenvalue weighted by molar-refractivity contribution is 0.0638. The highest BCUT2D eigenvalue weighted by atomic mass is 16.5. The largest absolute Gasteiger partial charge is 0.397 e. The van der Waals surface area contributed by atoms with E-state index in [1.165, 1.54) is 0 Å². The summed E-state index contributed by atoms with van der Waals surface area (Å²) in [5.41, 5.74) is 7.55. The van der Waals surface area contributed by atoms with Crippen molar-refractivity contribution in [3.8, 4) is 0 Å². The molecule has 1 aromatic heterocycles. The maximum Gasteiger partial charge on any atom is 0.132 e. The Morgan fingerprint density at radius 2 is 2.25 bits per heavy atom. The van der Waals surface area contributed by atoms with Gasteiger partial charge in [0.2, 0.25) is 0 Å². The summed E-state index contributed by atoms with van der Waals surface area (Å²) in [6.07, 6.45) is 1.72. The molecule has 0 unspecified atom stereocenters. The van der Waals surface area contributed by atoms with Crippen LogP contribution < -0.4 is 10.6 Å². The molecular weight excluding hydrogens is 202 g/mol. The van der Waals surface area contributed by atoms with Crippen LogP contribution in [0.1, 0.15) is 19.4 Å². The van der Waals surface area contributed by atoms with Gasteiger partial charge < -0.3 is 15.4 Å². The van der Waals surface area contributed by atoms with Crippen LogP contribution in [0.25, 0.3) is 0 Å². The average Bonchev–Trinajstić information content (AvgIpc) is 2.19. The Bertz CT molecular complexity index is 390. The molecule has 1 aromatic rings. The van der Waals surface area contributed by atoms with Crippen LogP contribution in [0.2, 0.25) is 0 Å². The lowest BCUT2D eigenvalue weighted by Crippen LogP contribution is -2.53. The summed E-state index contributed by atoms with van der Waals surface area (Å²) in [5.74, 6) is 1.02. The Labute approximate surface area is 96.4 Å². The zero-order valence-corrected chi connectivity index (χ0v) is 10.2. The molecule has 4 nitrogen and oxygen atoms in total. The number of hydrogen-bond acceptors (Lipinski definition) is 4. The lowest BCUT2D eigenvalue weighted by Gasteiger charge is -2.43. The molecule has 0 atom stereocenters. The van der Waals surface area contributed by atoms with Gasteiger partial charge in [0, 0.05) is 6.54 Å². The normalized spacial score (nSPS) is 19.8. The summed E-state index contributed by atoms with van der Waals surface area (Å²) in [5, 5.41) is 0. The van der Waals surface area contributed by atoms with Crippen molar-refractivity contribution in [3.63, 3.8) is 0 Å². The van der Waals surface area contributed by atoms with Gasteiger partial charge in [-0.05, 0) is 32.4 Å². The Morgan fingerprint density at radius 3 is 2.88 bits per heavy atom. The topological polar surface area (TPSA) is 51.4 Å². The minimum Gasteiger partial charge on any atom is -0.397 e. The fourth-order valence-corrected chi connectivity index (χ4v) is 2.12. The SMILES string of the molecule is Cc1cc(N)cnc1N1CCOCC1(C)C. The Hall–Kier alpha value is -1.29. The van der Waals surface area contributed by atoms with Crippen molar-refractivity contribution in [1.29, 1.82) is 0 Å². The van der Waals surface area contributed by atoms with E-state index in [0.717, 1.165) is 31.1 Å². The Morgan fingerprint density at radius 1 is 1.50 bits per heavy atom. The van der Waals surface area contributed by atoms with E-state index in [0.29, 0.717) is 5.69 Å². The highest BCUT2D eigenvalue weighted by molar-refractivity contribution is 5.54. The monoisotopic (exact) mass is 221 g/mol. The van der Waals surface area contributed by atoms with Crippen LogP contribution in [0.5, 0.6) is 0 Å². The molecule has 2 rings (SSSR count). The summed E-state index contributed by atoms with van der Waals surface area (Å²) >= 11 is 0. The molecule has 2 heterocycles. The minimum absolute atomic E-state index is 0.00781. The minimum atomic E-state index is -0.00781. The van der Waals surface area contributed by atoms with Crippen LogP contribution in [-0.4, -0.2) is 30.3 Å². The van der Waals surface area contributed by atoms with Crippen molar-refractivity contribution in [2.75, 3.05) is 30.4 Å². The van der Waals surface area contributed by atoms with Gasteiger partial charge in [0.25, 0.3) is 0 Å². The molecular formula is C12H19N3O. The molecule has 16 heavy (non-hydrogen) atoms. The smallest absolute Gasteiger partial charge is 0.132 e. The molecule has 0 amide bonds. The molecule has 1 aliphatic heterocycles. The van der Waals surface area contributed by atoms with Gasteiger partial charge in [-0.25, -0.2) is 4.98 Å². The van der Waals surface area contributed by atoms with Crippen molar-refractivity contribution < 1.29 is 4.74 Å². The van der Waals surface area contributed by atoms with Crippen LogP contribution in [-0.2, 0) is 4.74 Å². The first kappa shape index (κ1) is 11.2. The number of anilines is 2. The van der Waals surface area contributed by atoms with Crippen molar-refractivity contribution in [3.05, 3.63) is 17.8 Å². The summed E-state index contributed by atoms with van der Waals surface area (Å²) in [4.78, 5) is 6.74. The van der Waals surface area contributed by atoms with Crippen molar-refractivity contribution in [2.45, 2.75) is 26.3 Å². The van der Waals surface area contributed by atoms with Crippen LogP contribution >= 0.6 is 0 Å². The van der Waals surface area contributed by atoms with Gasteiger partial charge in [-0.1, -0.05) is 0 Å². The number of ether oxygens (including phenoxy) is 1. The van der Waals surface area contributed by atoms with Gasteiger partial charge in [-0.15, -0.1) is 0 Å². The lowest BCUT2D eigenvalue weighted by atomic mass is 10.0. The van der Waals surface area contributed by atoms with Gasteiger partial charge in [0.1, 0.15) is 5.82 Å². The molecule has 0 saturated carbocycles. The maximum atomic E-state index is 5.72. The van der Waals surface area contributed by atoms with Crippen LogP contribution in [0.4, 0.5) is 11.5 Å². The molecule has 0 bridgehead atoms. The highest BCUT2D eigenvalue weighted by Gasteiger charge is 2.32. The third-order valence-corrected chi connectivity index (χ3v) is 2.97. The Balaban J connectivity index is 2.35. The Kier molecular flexibility index (Phi) is 2.76. The summed E-state index contributed by atoms with van der Waals surface area (Å²) in [6, 6.07) is 1.97. The molecule has 1 saturated heterocycles. The second-order valence-corrected chi connectivity index (χ2v) is 4.93. The number of nitrogens with two attached hydrogens (primary N) is 1. The van der Waals surface area contributed by atoms with E-state index in [2.05, 4.69) is 23.7 Å². The summed E-state index contributed by atoms with van der Waals surface area (Å²) in [6.45, 7) is 8.76. The van der Waals surface area contributed by atoms with Gasteiger partial charge in [0.05, 0.1) is 30.6 Å². The fraction of sp³-hybridized carbons (Fsp3) is 0.583. The zero-order valence-electron chi connectivity index (χ0n) is 10.2. The number of pyridine rings is 1. The number of aryl methyl sites for hydroxylation is 1. The zero-order chi connectivity index (χ0) is 11.8. The van der Waals surface area contributed by atoms with E-state index in [4.69, 9.17) is 10.5 Å². The summed E-state index contributed by atoms with van der Waals surface area (Å²) < 4.78 is 5.51. The van der Waals surface area contributed by atoms with Gasteiger partial charge >= 0.3 is 0 Å². The second kappa shape index (κ2) is 3.94. The van der Waals surface area contributed by atoms with Crippen LogP contribution in [0.15, 0.2) is 12.3 Å². The molecule has 2 N–H and O–H groups in total. The predicted octanol–water partition coefficient (Wildman–Crippen LogP) is 1.59. The quantitative estimate of drug-likeness (QED) is 0.782. The molecule has 0 radical (unpaired) electrons. The van der Waals surface area contributed by atoms with E-state index < -0.39 is 0 Å². The molecule has 4 heteroatoms. The number of nitrogens with zero attached hydrogens (tertiary/aromatic N) is 2. The van der Waals surface area contributed by atoms with Crippen molar-refractivity contribution in [1.82, 2.24) is 4.98 Å². The van der Waals surface area contributed by atoms with Gasteiger partial charge in [0.15, 0.2) is 0 Å². The molecule has 0 aliphatic carbocycles. The molecule has 0 aromatic carbocycles. The first-order valence-electron chi connectivity index (χ1n) is 5.58. The van der Waals surface area contributed by atoms with Crippen molar-refractivity contribution in [2.24, 2.45) is 0 Å². The third-order valence-electron chi connectivity index (χ3n) is 2.97. The van der Waals surface area contributed by atoms with E-state index >= 15 is 0 Å². The maximum absolute atomic E-state index is 5.72. The van der Waals surface area contributed by atoms with E-state index in [-0.39, 0.29) is 5.54 Å². The van der Waals surface area contributed by atoms with Gasteiger partial charge in [-0.3, -0.25) is 0 Å². The third kappa shape index (κ3) is 1.97. The van der Waals surface area contributed by atoms with Crippen LogP contribution in [0.3, 0.4) is 0 Å². The van der Waals surface area contributed by atoms with E-state index in [1.54, 1.807) is 6.20 Å². The predicted molar refractivity (Wildman–Crippen MR) is 65.6 cm³/mol. The molecule has 88 valence electrons. The second-order valence-electron chi connectivity index (χ2n) is 4.93. The van der Waals surface area contributed by atoms with Crippen molar-refractivity contribution >= 4 is 11.5 Å². The first-order valence-corrected chi connectivity index (χ1v) is 5.58. The number of morpholine rings is 1. The van der Waals surface area contributed by atoms with Crippen LogP contribution in [0, 0.1) is 6.92 Å². The molecule has 1 fully saturated rings. The van der Waals surface area contributed by atoms with E-state index in [1.807, 2.05) is 13.0 Å². The number of nitrogen functional groups attached to an aromatic ring is 1. The standard InChI is InChI=1S/C12H19N3O/c1-9-6-10(13)7-14-11(9)15-4-5-16-8-12(15,2)3/h6-7H,4-5,8,13H2,1-3H3.